The Bertz CT molecular complexity index is 1310. The fraction of sp³-hybridized carbons (Fsp3) is 0.217. The number of ether oxygens (including phenoxy) is 1. The lowest BCUT2D eigenvalue weighted by Gasteiger charge is -2.21. The van der Waals surface area contributed by atoms with Crippen molar-refractivity contribution in [2.45, 2.75) is 25.6 Å². The van der Waals surface area contributed by atoms with Gasteiger partial charge in [0, 0.05) is 0 Å². The van der Waals surface area contributed by atoms with Crippen molar-refractivity contribution >= 4 is 17.4 Å². The smallest absolute Gasteiger partial charge is 0.416 e. The number of rotatable bonds is 4. The SMILES string of the molecule is COc1cn(-c2cccc(C(F)(F)F)c2)nc(C2=NC(C)(C)C(=O)N2c2ccccc2)c1=O. The number of hydrogen-bond donors (Lipinski definition) is 0. The topological polar surface area (TPSA) is 76.8 Å². The number of aliphatic imine (C=N–C) groups is 1. The Morgan fingerprint density at radius 2 is 1.64 bits per heavy atom. The number of amides is 1. The Kier molecular flexibility index (Phi) is 5.31. The number of carbonyl (C=O) groups excluding carboxylic acids is 1. The van der Waals surface area contributed by atoms with Gasteiger partial charge < -0.3 is 4.74 Å². The summed E-state index contributed by atoms with van der Waals surface area (Å²) in [5, 5.41) is 4.26. The third-order valence-corrected chi connectivity index (χ3v) is 5.09. The highest BCUT2D eigenvalue weighted by Gasteiger charge is 2.44. The van der Waals surface area contributed by atoms with E-state index in [-0.39, 0.29) is 28.9 Å². The molecule has 0 N–H and O–H groups in total. The molecule has 1 amide bonds. The van der Waals surface area contributed by atoms with Crippen molar-refractivity contribution in [1.29, 1.82) is 0 Å². The van der Waals surface area contributed by atoms with Crippen LogP contribution in [0.2, 0.25) is 0 Å². The van der Waals surface area contributed by atoms with E-state index in [0.29, 0.717) is 5.69 Å². The number of benzene rings is 2. The summed E-state index contributed by atoms with van der Waals surface area (Å²) in [6.45, 7) is 3.20. The van der Waals surface area contributed by atoms with Gasteiger partial charge in [-0.15, -0.1) is 0 Å². The average molecular weight is 456 g/mol. The number of anilines is 1. The second kappa shape index (κ2) is 7.88. The van der Waals surface area contributed by atoms with E-state index in [4.69, 9.17) is 4.74 Å². The van der Waals surface area contributed by atoms with Gasteiger partial charge in [0.05, 0.1) is 30.2 Å². The van der Waals surface area contributed by atoms with Crippen LogP contribution in [0.4, 0.5) is 18.9 Å². The van der Waals surface area contributed by atoms with E-state index in [1.165, 1.54) is 30.3 Å². The van der Waals surface area contributed by atoms with E-state index >= 15 is 0 Å². The van der Waals surface area contributed by atoms with Crippen LogP contribution in [0.1, 0.15) is 25.1 Å². The zero-order chi connectivity index (χ0) is 24.0. The third-order valence-electron chi connectivity index (χ3n) is 5.09. The molecule has 0 atom stereocenters. The van der Waals surface area contributed by atoms with E-state index in [0.717, 1.165) is 16.8 Å². The molecule has 4 rings (SSSR count). The number of hydrogen-bond acceptors (Lipinski definition) is 5. The molecule has 170 valence electrons. The Morgan fingerprint density at radius 1 is 0.970 bits per heavy atom. The first kappa shape index (κ1) is 22.3. The van der Waals surface area contributed by atoms with Gasteiger partial charge in [-0.3, -0.25) is 14.5 Å². The fourth-order valence-electron chi connectivity index (χ4n) is 3.42. The first-order chi connectivity index (χ1) is 15.5. The molecule has 0 spiro atoms. The monoisotopic (exact) mass is 456 g/mol. The number of para-hydroxylation sites is 1. The molecule has 1 aliphatic rings. The van der Waals surface area contributed by atoms with Crippen molar-refractivity contribution in [1.82, 2.24) is 9.78 Å². The van der Waals surface area contributed by atoms with Gasteiger partial charge in [-0.1, -0.05) is 24.3 Å². The molecule has 1 aromatic heterocycles. The zero-order valence-electron chi connectivity index (χ0n) is 17.9. The molecule has 0 fully saturated rings. The van der Waals surface area contributed by atoms with Gasteiger partial charge >= 0.3 is 6.18 Å². The number of methoxy groups -OCH3 is 1. The Balaban J connectivity index is 1.93. The minimum atomic E-state index is -4.56. The van der Waals surface area contributed by atoms with Gasteiger partial charge in [-0.25, -0.2) is 9.67 Å². The second-order valence-electron chi connectivity index (χ2n) is 7.84. The largest absolute Gasteiger partial charge is 0.491 e. The first-order valence-corrected chi connectivity index (χ1v) is 9.88. The fourth-order valence-corrected chi connectivity index (χ4v) is 3.42. The number of nitrogens with zero attached hydrogens (tertiary/aromatic N) is 4. The van der Waals surface area contributed by atoms with Gasteiger partial charge in [0.2, 0.25) is 0 Å². The summed E-state index contributed by atoms with van der Waals surface area (Å²) in [5.41, 5.74) is -2.40. The third kappa shape index (κ3) is 3.99. The normalized spacial score (nSPS) is 15.5. The Labute approximate surface area is 186 Å². The van der Waals surface area contributed by atoms with Crippen molar-refractivity contribution in [2.24, 2.45) is 4.99 Å². The van der Waals surface area contributed by atoms with Crippen molar-refractivity contribution in [3.05, 3.63) is 82.3 Å². The summed E-state index contributed by atoms with van der Waals surface area (Å²) >= 11 is 0. The second-order valence-corrected chi connectivity index (χ2v) is 7.84. The van der Waals surface area contributed by atoms with Crippen LogP contribution in [0.15, 0.2) is 70.6 Å². The lowest BCUT2D eigenvalue weighted by Crippen LogP contribution is -2.41. The number of carbonyl (C=O) groups is 1. The maximum Gasteiger partial charge on any atom is 0.416 e. The lowest BCUT2D eigenvalue weighted by atomic mass is 10.1. The minimum absolute atomic E-state index is 0.0131. The molecular formula is C23H19F3N4O3. The van der Waals surface area contributed by atoms with Crippen LogP contribution < -0.4 is 15.1 Å². The molecule has 7 nitrogen and oxygen atoms in total. The van der Waals surface area contributed by atoms with Gasteiger partial charge in [0.25, 0.3) is 11.3 Å². The van der Waals surface area contributed by atoms with Crippen LogP contribution in [-0.2, 0) is 11.0 Å². The summed E-state index contributed by atoms with van der Waals surface area (Å²) in [6.07, 6.45) is -3.37. The number of alkyl halides is 3. The maximum atomic E-state index is 13.2. The molecule has 1 aliphatic heterocycles. The summed E-state index contributed by atoms with van der Waals surface area (Å²) < 4.78 is 45.9. The van der Waals surface area contributed by atoms with Gasteiger partial charge in [-0.2, -0.15) is 18.3 Å². The van der Waals surface area contributed by atoms with Crippen LogP contribution in [0.3, 0.4) is 0 Å². The van der Waals surface area contributed by atoms with Gasteiger partial charge in [0.1, 0.15) is 5.54 Å². The molecule has 2 heterocycles. The van der Waals surface area contributed by atoms with E-state index in [2.05, 4.69) is 10.1 Å². The molecule has 0 unspecified atom stereocenters. The molecule has 0 radical (unpaired) electrons. The molecule has 3 aromatic rings. The van der Waals surface area contributed by atoms with Crippen molar-refractivity contribution in [3.8, 4) is 11.4 Å². The van der Waals surface area contributed by atoms with E-state index < -0.39 is 22.7 Å². The Hall–Kier alpha value is -3.95. The highest BCUT2D eigenvalue weighted by Crippen LogP contribution is 2.31. The molecule has 33 heavy (non-hydrogen) atoms. The molecule has 0 aliphatic carbocycles. The molecule has 0 saturated carbocycles. The minimum Gasteiger partial charge on any atom is -0.491 e. The number of halogens is 3. The van der Waals surface area contributed by atoms with E-state index in [1.54, 1.807) is 44.2 Å². The molecule has 10 heteroatoms. The molecular weight excluding hydrogens is 437 g/mol. The van der Waals surface area contributed by atoms with E-state index in [1.807, 2.05) is 0 Å². The van der Waals surface area contributed by atoms with Gasteiger partial charge in [-0.05, 0) is 44.2 Å². The summed E-state index contributed by atoms with van der Waals surface area (Å²) in [7, 11) is 1.26. The quantitative estimate of drug-likeness (QED) is 0.598. The summed E-state index contributed by atoms with van der Waals surface area (Å²) in [5.74, 6) is -0.551. The summed E-state index contributed by atoms with van der Waals surface area (Å²) in [4.78, 5) is 31.9. The predicted molar refractivity (Wildman–Crippen MR) is 116 cm³/mol. The maximum absolute atomic E-state index is 13.2. The molecule has 2 aromatic carbocycles. The first-order valence-electron chi connectivity index (χ1n) is 9.88. The van der Waals surface area contributed by atoms with Crippen LogP contribution in [0.5, 0.6) is 5.75 Å². The van der Waals surface area contributed by atoms with Crippen molar-refractivity contribution in [3.63, 3.8) is 0 Å². The number of aromatic nitrogens is 2. The summed E-state index contributed by atoms with van der Waals surface area (Å²) in [6, 6.07) is 13.1. The highest BCUT2D eigenvalue weighted by atomic mass is 19.4. The van der Waals surface area contributed by atoms with Crippen LogP contribution in [-0.4, -0.2) is 34.2 Å². The lowest BCUT2D eigenvalue weighted by molar-refractivity contribution is -0.137. The standard InChI is InChI=1S/C23H19F3N4O3/c1-22(2)21(32)30(15-9-5-4-6-10-15)20(27-22)18-19(31)17(33-3)13-29(28-18)16-11-7-8-14(12-16)23(24,25)26/h4-13H,1-3H3. The van der Waals surface area contributed by atoms with Crippen molar-refractivity contribution < 1.29 is 22.7 Å². The average Bonchev–Trinajstić information content (AvgIpc) is 3.02. The molecule has 0 bridgehead atoms. The number of amidine groups is 1. The van der Waals surface area contributed by atoms with Crippen LogP contribution in [0, 0.1) is 0 Å². The highest BCUT2D eigenvalue weighted by molar-refractivity contribution is 6.29. The zero-order valence-corrected chi connectivity index (χ0v) is 17.9. The molecule has 0 saturated heterocycles. The predicted octanol–water partition coefficient (Wildman–Crippen LogP) is 3.83. The van der Waals surface area contributed by atoms with Crippen LogP contribution >= 0.6 is 0 Å². The van der Waals surface area contributed by atoms with Gasteiger partial charge in [0.15, 0.2) is 17.3 Å². The Morgan fingerprint density at radius 3 is 2.27 bits per heavy atom. The van der Waals surface area contributed by atoms with E-state index in [9.17, 15) is 22.8 Å². The van der Waals surface area contributed by atoms with Crippen LogP contribution in [0.25, 0.3) is 5.69 Å². The van der Waals surface area contributed by atoms with Crippen molar-refractivity contribution in [2.75, 3.05) is 12.0 Å².